The van der Waals surface area contributed by atoms with E-state index >= 15 is 0 Å². The maximum absolute atomic E-state index is 11.7. The molecule has 0 aliphatic rings. The second-order valence-electron chi connectivity index (χ2n) is 3.75. The Morgan fingerprint density at radius 3 is 2.95 bits per heavy atom. The number of H-pyrrole nitrogens is 1. The highest BCUT2D eigenvalue weighted by molar-refractivity contribution is 7.13. The van der Waals surface area contributed by atoms with Crippen molar-refractivity contribution in [1.29, 1.82) is 0 Å². The molecule has 0 radical (unpaired) electrons. The SMILES string of the molecule is O=C(NCc1csc(-c2ncccn2)n1)c1cn[nH]n1. The van der Waals surface area contributed by atoms with Gasteiger partial charge in [0.15, 0.2) is 16.5 Å². The van der Waals surface area contributed by atoms with E-state index in [1.807, 2.05) is 5.38 Å². The maximum Gasteiger partial charge on any atom is 0.273 e. The molecule has 3 aromatic rings. The van der Waals surface area contributed by atoms with Crippen LogP contribution in [0, 0.1) is 0 Å². The van der Waals surface area contributed by atoms with Gasteiger partial charge in [0.2, 0.25) is 0 Å². The van der Waals surface area contributed by atoms with Crippen molar-refractivity contribution in [2.75, 3.05) is 0 Å². The molecule has 2 N–H and O–H groups in total. The lowest BCUT2D eigenvalue weighted by Crippen LogP contribution is -2.23. The Bertz CT molecular complexity index is 695. The van der Waals surface area contributed by atoms with Crippen LogP contribution in [0.15, 0.2) is 30.0 Å². The normalized spacial score (nSPS) is 10.4. The van der Waals surface area contributed by atoms with Gasteiger partial charge in [0, 0.05) is 17.8 Å². The fourth-order valence-electron chi connectivity index (χ4n) is 1.47. The van der Waals surface area contributed by atoms with Crippen LogP contribution in [0.25, 0.3) is 10.8 Å². The van der Waals surface area contributed by atoms with Crippen molar-refractivity contribution in [2.45, 2.75) is 6.54 Å². The highest BCUT2D eigenvalue weighted by Crippen LogP contribution is 2.19. The summed E-state index contributed by atoms with van der Waals surface area (Å²) in [5, 5.41) is 14.9. The van der Waals surface area contributed by atoms with Gasteiger partial charge in [-0.25, -0.2) is 15.0 Å². The van der Waals surface area contributed by atoms with Crippen molar-refractivity contribution in [2.24, 2.45) is 0 Å². The van der Waals surface area contributed by atoms with Crippen molar-refractivity contribution in [3.8, 4) is 10.8 Å². The summed E-state index contributed by atoms with van der Waals surface area (Å²) in [5.41, 5.74) is 0.987. The maximum atomic E-state index is 11.7. The van der Waals surface area contributed by atoms with Gasteiger partial charge in [0.1, 0.15) is 0 Å². The first-order valence-corrected chi connectivity index (χ1v) is 6.56. The van der Waals surface area contributed by atoms with Gasteiger partial charge in [-0.1, -0.05) is 0 Å². The first-order valence-electron chi connectivity index (χ1n) is 5.68. The van der Waals surface area contributed by atoms with E-state index in [0.717, 1.165) is 10.7 Å². The van der Waals surface area contributed by atoms with Gasteiger partial charge in [0.25, 0.3) is 5.91 Å². The van der Waals surface area contributed by atoms with E-state index in [4.69, 9.17) is 0 Å². The molecule has 9 heteroatoms. The van der Waals surface area contributed by atoms with Gasteiger partial charge >= 0.3 is 0 Å². The van der Waals surface area contributed by atoms with E-state index in [2.05, 4.69) is 35.7 Å². The molecular weight excluding hydrogens is 278 g/mol. The number of aromatic amines is 1. The minimum Gasteiger partial charge on any atom is -0.345 e. The van der Waals surface area contributed by atoms with Crippen LogP contribution in [0.5, 0.6) is 0 Å². The van der Waals surface area contributed by atoms with E-state index in [9.17, 15) is 4.79 Å². The molecule has 0 aliphatic heterocycles. The summed E-state index contributed by atoms with van der Waals surface area (Å²) in [6.07, 6.45) is 4.69. The Balaban J connectivity index is 1.65. The molecule has 0 aliphatic carbocycles. The monoisotopic (exact) mass is 287 g/mol. The Morgan fingerprint density at radius 1 is 1.35 bits per heavy atom. The molecule has 8 nitrogen and oxygen atoms in total. The average molecular weight is 287 g/mol. The molecular formula is C11H9N7OS. The summed E-state index contributed by atoms with van der Waals surface area (Å²) in [6.45, 7) is 0.315. The number of hydrogen-bond acceptors (Lipinski definition) is 7. The number of amides is 1. The predicted molar refractivity (Wildman–Crippen MR) is 70.7 cm³/mol. The van der Waals surface area contributed by atoms with Gasteiger partial charge in [-0.2, -0.15) is 15.4 Å². The topological polar surface area (TPSA) is 109 Å². The van der Waals surface area contributed by atoms with Crippen LogP contribution in [0.4, 0.5) is 0 Å². The number of carbonyl (C=O) groups is 1. The quantitative estimate of drug-likeness (QED) is 0.729. The largest absolute Gasteiger partial charge is 0.345 e. The van der Waals surface area contributed by atoms with E-state index in [0.29, 0.717) is 12.4 Å². The van der Waals surface area contributed by atoms with Crippen LogP contribution >= 0.6 is 11.3 Å². The van der Waals surface area contributed by atoms with Crippen molar-refractivity contribution in [3.05, 3.63) is 41.4 Å². The highest BCUT2D eigenvalue weighted by atomic mass is 32.1. The molecule has 3 aromatic heterocycles. The van der Waals surface area contributed by atoms with Crippen LogP contribution < -0.4 is 5.32 Å². The molecule has 0 atom stereocenters. The number of thiazole rings is 1. The van der Waals surface area contributed by atoms with E-state index < -0.39 is 0 Å². The number of aromatic nitrogens is 6. The third-order valence-corrected chi connectivity index (χ3v) is 3.27. The molecule has 0 bridgehead atoms. The van der Waals surface area contributed by atoms with E-state index in [-0.39, 0.29) is 11.6 Å². The second-order valence-corrected chi connectivity index (χ2v) is 4.61. The Labute approximate surface area is 117 Å². The van der Waals surface area contributed by atoms with Crippen LogP contribution in [0.3, 0.4) is 0 Å². The lowest BCUT2D eigenvalue weighted by Gasteiger charge is -1.99. The lowest BCUT2D eigenvalue weighted by molar-refractivity contribution is 0.0945. The van der Waals surface area contributed by atoms with Gasteiger partial charge in [-0.15, -0.1) is 11.3 Å². The van der Waals surface area contributed by atoms with Gasteiger partial charge in [-0.3, -0.25) is 4.79 Å². The summed E-state index contributed by atoms with van der Waals surface area (Å²) < 4.78 is 0. The zero-order chi connectivity index (χ0) is 13.8. The number of rotatable bonds is 4. The summed E-state index contributed by atoms with van der Waals surface area (Å²) in [4.78, 5) is 24.3. The van der Waals surface area contributed by atoms with Gasteiger partial charge in [0.05, 0.1) is 18.4 Å². The van der Waals surface area contributed by atoms with E-state index in [1.54, 1.807) is 18.5 Å². The van der Waals surface area contributed by atoms with Crippen molar-refractivity contribution in [3.63, 3.8) is 0 Å². The Kier molecular flexibility index (Phi) is 3.42. The van der Waals surface area contributed by atoms with Gasteiger partial charge in [-0.05, 0) is 6.07 Å². The molecule has 0 fully saturated rings. The molecule has 1 amide bonds. The van der Waals surface area contributed by atoms with Crippen LogP contribution in [-0.4, -0.2) is 36.3 Å². The first-order chi connectivity index (χ1) is 9.83. The third-order valence-electron chi connectivity index (χ3n) is 2.39. The molecule has 0 saturated heterocycles. The number of nitrogens with one attached hydrogen (secondary N) is 2. The zero-order valence-corrected chi connectivity index (χ0v) is 11.0. The highest BCUT2D eigenvalue weighted by Gasteiger charge is 2.10. The number of carbonyl (C=O) groups excluding carboxylic acids is 1. The lowest BCUT2D eigenvalue weighted by atomic mass is 10.4. The Morgan fingerprint density at radius 2 is 2.20 bits per heavy atom. The standard InChI is InChI=1S/C11H9N7OS/c19-10(8-5-15-18-17-8)14-4-7-6-20-11(16-7)9-12-2-1-3-13-9/h1-3,5-6H,4H2,(H,14,19)(H,15,17,18). The molecule has 0 saturated carbocycles. The first kappa shape index (κ1) is 12.4. The summed E-state index contributed by atoms with van der Waals surface area (Å²) in [6, 6.07) is 1.75. The molecule has 100 valence electrons. The summed E-state index contributed by atoms with van der Waals surface area (Å²) in [5.74, 6) is 0.274. The predicted octanol–water partition coefficient (Wildman–Crippen LogP) is 0.648. The fraction of sp³-hybridized carbons (Fsp3) is 0.0909. The van der Waals surface area contributed by atoms with Crippen molar-refractivity contribution >= 4 is 17.2 Å². The molecule has 0 aromatic carbocycles. The third kappa shape index (κ3) is 2.67. The van der Waals surface area contributed by atoms with E-state index in [1.165, 1.54) is 17.5 Å². The van der Waals surface area contributed by atoms with Crippen LogP contribution in [0.2, 0.25) is 0 Å². The average Bonchev–Trinajstić information content (AvgIpc) is 3.17. The smallest absolute Gasteiger partial charge is 0.273 e. The van der Waals surface area contributed by atoms with Crippen LogP contribution in [0.1, 0.15) is 16.2 Å². The minimum absolute atomic E-state index is 0.242. The minimum atomic E-state index is -0.302. The molecule has 20 heavy (non-hydrogen) atoms. The van der Waals surface area contributed by atoms with Crippen LogP contribution in [-0.2, 0) is 6.54 Å². The zero-order valence-electron chi connectivity index (χ0n) is 10.1. The Hall–Kier alpha value is -2.68. The molecule has 0 unspecified atom stereocenters. The summed E-state index contributed by atoms with van der Waals surface area (Å²) in [7, 11) is 0. The number of hydrogen-bond donors (Lipinski definition) is 2. The number of nitrogens with zero attached hydrogens (tertiary/aromatic N) is 5. The fourth-order valence-corrected chi connectivity index (χ4v) is 2.24. The van der Waals surface area contributed by atoms with Gasteiger partial charge < -0.3 is 5.32 Å². The summed E-state index contributed by atoms with van der Waals surface area (Å²) >= 11 is 1.43. The van der Waals surface area contributed by atoms with Crippen molar-refractivity contribution in [1.82, 2.24) is 35.7 Å². The molecule has 3 heterocycles. The molecule has 0 spiro atoms. The van der Waals surface area contributed by atoms with Crippen molar-refractivity contribution < 1.29 is 4.79 Å². The molecule has 3 rings (SSSR count). The second kappa shape index (κ2) is 5.53.